The molecule has 1 atom stereocenters. The summed E-state index contributed by atoms with van der Waals surface area (Å²) in [5, 5.41) is 4.85. The molecule has 0 aliphatic carbocycles. The van der Waals surface area contributed by atoms with Crippen LogP contribution in [0.1, 0.15) is 18.5 Å². The van der Waals surface area contributed by atoms with Gasteiger partial charge in [-0.1, -0.05) is 40.9 Å². The molecule has 5 heteroatoms. The Morgan fingerprint density at radius 2 is 1.75 bits per heavy atom. The van der Waals surface area contributed by atoms with Crippen LogP contribution in [0.4, 0.5) is 0 Å². The summed E-state index contributed by atoms with van der Waals surface area (Å²) in [6, 6.07) is 10.8. The summed E-state index contributed by atoms with van der Waals surface area (Å²) in [7, 11) is 1.89. The van der Waals surface area contributed by atoms with Crippen LogP contribution in [0.2, 0.25) is 15.1 Å². The maximum absolute atomic E-state index is 6.26. The van der Waals surface area contributed by atoms with Gasteiger partial charge >= 0.3 is 0 Å². The fourth-order valence-electron chi connectivity index (χ4n) is 1.76. The van der Waals surface area contributed by atoms with E-state index in [1.54, 1.807) is 24.3 Å². The molecule has 0 aliphatic heterocycles. The smallest absolute Gasteiger partial charge is 0.147 e. The fourth-order valence-corrected chi connectivity index (χ4v) is 2.41. The molecule has 0 amide bonds. The number of nitrogens with one attached hydrogen (secondary N) is 1. The third-order valence-electron chi connectivity index (χ3n) is 2.99. The monoisotopic (exact) mass is 329 g/mol. The highest BCUT2D eigenvalue weighted by Gasteiger charge is 2.10. The van der Waals surface area contributed by atoms with Crippen molar-refractivity contribution in [1.82, 2.24) is 5.32 Å². The Hall–Kier alpha value is -0.930. The maximum atomic E-state index is 6.26. The Kier molecular flexibility index (Phi) is 5.17. The molecule has 0 radical (unpaired) electrons. The molecule has 2 rings (SSSR count). The summed E-state index contributed by atoms with van der Waals surface area (Å²) in [4.78, 5) is 0. The van der Waals surface area contributed by atoms with Gasteiger partial charge in [-0.25, -0.2) is 0 Å². The first-order valence-electron chi connectivity index (χ1n) is 6.11. The standard InChI is InChI=1S/C15H14Cl3NO/c1-9(19-2)12-5-4-11(8-14(12)18)20-15-7-10(16)3-6-13(15)17/h3-9,19H,1-2H3. The van der Waals surface area contributed by atoms with Gasteiger partial charge < -0.3 is 10.1 Å². The Labute approximate surface area is 133 Å². The van der Waals surface area contributed by atoms with Crippen molar-refractivity contribution in [2.24, 2.45) is 0 Å². The molecule has 1 N–H and O–H groups in total. The van der Waals surface area contributed by atoms with Crippen molar-refractivity contribution in [1.29, 1.82) is 0 Å². The van der Waals surface area contributed by atoms with Crippen molar-refractivity contribution >= 4 is 34.8 Å². The van der Waals surface area contributed by atoms with Crippen LogP contribution in [0.25, 0.3) is 0 Å². The predicted molar refractivity (Wildman–Crippen MR) is 85.5 cm³/mol. The van der Waals surface area contributed by atoms with Gasteiger partial charge in [-0.15, -0.1) is 0 Å². The summed E-state index contributed by atoms with van der Waals surface area (Å²) >= 11 is 18.3. The molecular formula is C15H14Cl3NO. The molecule has 2 aromatic rings. The third-order valence-corrected chi connectivity index (χ3v) is 3.87. The number of halogens is 3. The van der Waals surface area contributed by atoms with E-state index in [0.717, 1.165) is 5.56 Å². The number of rotatable bonds is 4. The molecular weight excluding hydrogens is 317 g/mol. The SMILES string of the molecule is CNC(C)c1ccc(Oc2cc(Cl)ccc2Cl)cc1Cl. The minimum Gasteiger partial charge on any atom is -0.456 e. The van der Waals surface area contributed by atoms with Crippen LogP contribution < -0.4 is 10.1 Å². The Morgan fingerprint density at radius 3 is 2.40 bits per heavy atom. The first kappa shape index (κ1) is 15.5. The molecule has 0 saturated heterocycles. The van der Waals surface area contributed by atoms with E-state index in [0.29, 0.717) is 26.6 Å². The van der Waals surface area contributed by atoms with Crippen molar-refractivity contribution < 1.29 is 4.74 Å². The van der Waals surface area contributed by atoms with Crippen LogP contribution >= 0.6 is 34.8 Å². The molecule has 0 saturated carbocycles. The highest BCUT2D eigenvalue weighted by Crippen LogP contribution is 2.34. The van der Waals surface area contributed by atoms with Gasteiger partial charge in [-0.2, -0.15) is 0 Å². The van der Waals surface area contributed by atoms with Crippen molar-refractivity contribution in [3.63, 3.8) is 0 Å². The molecule has 1 unspecified atom stereocenters. The molecule has 106 valence electrons. The molecule has 0 aromatic heterocycles. The minimum atomic E-state index is 0.173. The lowest BCUT2D eigenvalue weighted by Gasteiger charge is -2.14. The molecule has 20 heavy (non-hydrogen) atoms. The molecule has 2 aromatic carbocycles. The lowest BCUT2D eigenvalue weighted by molar-refractivity contribution is 0.482. The molecule has 0 aliphatic rings. The van der Waals surface area contributed by atoms with E-state index in [1.807, 2.05) is 26.1 Å². The molecule has 0 bridgehead atoms. The first-order chi connectivity index (χ1) is 9.51. The van der Waals surface area contributed by atoms with Crippen LogP contribution in [0.15, 0.2) is 36.4 Å². The van der Waals surface area contributed by atoms with Gasteiger partial charge in [-0.3, -0.25) is 0 Å². The van der Waals surface area contributed by atoms with E-state index in [-0.39, 0.29) is 6.04 Å². The molecule has 0 heterocycles. The highest BCUT2D eigenvalue weighted by molar-refractivity contribution is 6.34. The normalized spacial score (nSPS) is 12.2. The zero-order valence-corrected chi connectivity index (χ0v) is 13.4. The van der Waals surface area contributed by atoms with Crippen LogP contribution in [0.3, 0.4) is 0 Å². The largest absolute Gasteiger partial charge is 0.456 e. The Morgan fingerprint density at radius 1 is 1.00 bits per heavy atom. The number of benzene rings is 2. The van der Waals surface area contributed by atoms with E-state index < -0.39 is 0 Å². The van der Waals surface area contributed by atoms with Crippen molar-refractivity contribution in [2.45, 2.75) is 13.0 Å². The first-order valence-corrected chi connectivity index (χ1v) is 7.24. The second-order valence-corrected chi connectivity index (χ2v) is 5.62. The third kappa shape index (κ3) is 3.58. The van der Waals surface area contributed by atoms with E-state index in [9.17, 15) is 0 Å². The zero-order chi connectivity index (χ0) is 14.7. The van der Waals surface area contributed by atoms with Crippen molar-refractivity contribution in [3.8, 4) is 11.5 Å². The second kappa shape index (κ2) is 6.68. The number of hydrogen-bond acceptors (Lipinski definition) is 2. The Balaban J connectivity index is 2.26. The quantitative estimate of drug-likeness (QED) is 0.774. The van der Waals surface area contributed by atoms with Crippen LogP contribution in [0, 0.1) is 0 Å². The molecule has 2 nitrogen and oxygen atoms in total. The van der Waals surface area contributed by atoms with Crippen molar-refractivity contribution in [3.05, 3.63) is 57.0 Å². The summed E-state index contributed by atoms with van der Waals surface area (Å²) in [6.07, 6.45) is 0. The van der Waals surface area contributed by atoms with E-state index in [1.165, 1.54) is 0 Å². The summed E-state index contributed by atoms with van der Waals surface area (Å²) < 4.78 is 5.72. The molecule has 0 fully saturated rings. The number of hydrogen-bond donors (Lipinski definition) is 1. The van der Waals surface area contributed by atoms with Gasteiger partial charge in [-0.05, 0) is 43.8 Å². The summed E-state index contributed by atoms with van der Waals surface area (Å²) in [6.45, 7) is 2.04. The minimum absolute atomic E-state index is 0.173. The maximum Gasteiger partial charge on any atom is 0.147 e. The topological polar surface area (TPSA) is 21.3 Å². The highest BCUT2D eigenvalue weighted by atomic mass is 35.5. The Bertz CT molecular complexity index is 616. The lowest BCUT2D eigenvalue weighted by Crippen LogP contribution is -2.12. The van der Waals surface area contributed by atoms with Gasteiger partial charge in [0.25, 0.3) is 0 Å². The predicted octanol–water partition coefficient (Wildman–Crippen LogP) is 5.72. The van der Waals surface area contributed by atoms with Crippen LogP contribution in [-0.4, -0.2) is 7.05 Å². The zero-order valence-electron chi connectivity index (χ0n) is 11.1. The lowest BCUT2D eigenvalue weighted by atomic mass is 10.1. The van der Waals surface area contributed by atoms with Crippen molar-refractivity contribution in [2.75, 3.05) is 7.05 Å². The van der Waals surface area contributed by atoms with Gasteiger partial charge in [0.1, 0.15) is 11.5 Å². The summed E-state index contributed by atoms with van der Waals surface area (Å²) in [5.74, 6) is 1.12. The fraction of sp³-hybridized carbons (Fsp3) is 0.200. The van der Waals surface area contributed by atoms with E-state index in [4.69, 9.17) is 39.5 Å². The average Bonchev–Trinajstić information content (AvgIpc) is 2.42. The van der Waals surface area contributed by atoms with Gasteiger partial charge in [0.15, 0.2) is 0 Å². The van der Waals surface area contributed by atoms with Gasteiger partial charge in [0.2, 0.25) is 0 Å². The molecule has 0 spiro atoms. The van der Waals surface area contributed by atoms with Crippen LogP contribution in [-0.2, 0) is 0 Å². The van der Waals surface area contributed by atoms with E-state index >= 15 is 0 Å². The van der Waals surface area contributed by atoms with Gasteiger partial charge in [0, 0.05) is 22.2 Å². The van der Waals surface area contributed by atoms with Crippen LogP contribution in [0.5, 0.6) is 11.5 Å². The number of ether oxygens (including phenoxy) is 1. The van der Waals surface area contributed by atoms with E-state index in [2.05, 4.69) is 5.32 Å². The second-order valence-electron chi connectivity index (χ2n) is 4.37. The summed E-state index contributed by atoms with van der Waals surface area (Å²) in [5.41, 5.74) is 1.01. The average molecular weight is 331 g/mol. The van der Waals surface area contributed by atoms with Gasteiger partial charge in [0.05, 0.1) is 5.02 Å².